The minimum Gasteiger partial charge on any atom is -0.309 e. The molecule has 0 radical (unpaired) electrons. The van der Waals surface area contributed by atoms with E-state index in [4.69, 9.17) is 0 Å². The highest BCUT2D eigenvalue weighted by Gasteiger charge is 2.06. The second-order valence-electron chi connectivity index (χ2n) is 5.11. The van der Waals surface area contributed by atoms with Crippen LogP contribution in [0.1, 0.15) is 48.5 Å². The number of carbonyl (C=O) groups excluding carboxylic acids is 1. The summed E-state index contributed by atoms with van der Waals surface area (Å²) in [7, 11) is 4.06. The highest BCUT2D eigenvalue weighted by atomic mass is 16.1. The highest BCUT2D eigenvalue weighted by molar-refractivity contribution is 5.96. The van der Waals surface area contributed by atoms with Gasteiger partial charge >= 0.3 is 0 Å². The molecule has 0 fully saturated rings. The van der Waals surface area contributed by atoms with E-state index < -0.39 is 0 Å². The third-order valence-corrected chi connectivity index (χ3v) is 2.91. The van der Waals surface area contributed by atoms with Gasteiger partial charge in [0.25, 0.3) is 0 Å². The van der Waals surface area contributed by atoms with Crippen LogP contribution >= 0.6 is 0 Å². The third-order valence-electron chi connectivity index (χ3n) is 2.91. The molecular weight excluding hydrogens is 210 g/mol. The van der Waals surface area contributed by atoms with E-state index >= 15 is 0 Å². The molecule has 0 heterocycles. The van der Waals surface area contributed by atoms with E-state index in [9.17, 15) is 4.79 Å². The minimum absolute atomic E-state index is 0.252. The zero-order valence-corrected chi connectivity index (χ0v) is 11.4. The van der Waals surface area contributed by atoms with Crippen LogP contribution in [0, 0.1) is 0 Å². The van der Waals surface area contributed by atoms with E-state index in [-0.39, 0.29) is 5.78 Å². The maximum atomic E-state index is 11.9. The lowest BCUT2D eigenvalue weighted by molar-refractivity contribution is 0.0977. The molecule has 0 aliphatic heterocycles. The molecule has 0 bridgehead atoms. The second kappa shape index (κ2) is 6.55. The molecule has 0 spiro atoms. The molecule has 0 saturated carbocycles. The Bertz CT molecular complexity index is 352. The summed E-state index contributed by atoms with van der Waals surface area (Å²) in [5.74, 6) is 0.773. The molecule has 0 N–H and O–H groups in total. The summed E-state index contributed by atoms with van der Waals surface area (Å²) in [6.07, 6.45) is 1.57. The Kier molecular flexibility index (Phi) is 5.36. The standard InChI is InChI=1S/C15H23NO/c1-12(2)13-7-9-14(10-8-13)15(17)6-5-11-16(3)4/h7-10,12H,5-6,11H2,1-4H3. The molecule has 1 aromatic carbocycles. The van der Waals surface area contributed by atoms with Gasteiger partial charge in [0.2, 0.25) is 0 Å². The molecule has 2 heteroatoms. The fourth-order valence-electron chi connectivity index (χ4n) is 1.75. The third kappa shape index (κ3) is 4.70. The van der Waals surface area contributed by atoms with Crippen LogP contribution in [0.25, 0.3) is 0 Å². The van der Waals surface area contributed by atoms with Gasteiger partial charge in [-0.25, -0.2) is 0 Å². The highest BCUT2D eigenvalue weighted by Crippen LogP contribution is 2.15. The first-order valence-corrected chi connectivity index (χ1v) is 6.28. The smallest absolute Gasteiger partial charge is 0.162 e. The van der Waals surface area contributed by atoms with Crippen molar-refractivity contribution in [2.75, 3.05) is 20.6 Å². The first-order valence-electron chi connectivity index (χ1n) is 6.28. The average molecular weight is 233 g/mol. The van der Waals surface area contributed by atoms with Crippen molar-refractivity contribution in [2.45, 2.75) is 32.6 Å². The van der Waals surface area contributed by atoms with Crippen molar-refractivity contribution >= 4 is 5.78 Å². The number of hydrogen-bond acceptors (Lipinski definition) is 2. The molecule has 0 saturated heterocycles. The lowest BCUT2D eigenvalue weighted by Gasteiger charge is -2.09. The molecule has 17 heavy (non-hydrogen) atoms. The van der Waals surface area contributed by atoms with Crippen LogP contribution in [-0.4, -0.2) is 31.3 Å². The van der Waals surface area contributed by atoms with Gasteiger partial charge in [0.05, 0.1) is 0 Å². The first kappa shape index (κ1) is 13.9. The predicted octanol–water partition coefficient (Wildman–Crippen LogP) is 3.33. The molecule has 0 atom stereocenters. The summed E-state index contributed by atoms with van der Waals surface area (Å²) >= 11 is 0. The van der Waals surface area contributed by atoms with Gasteiger partial charge in [-0.05, 0) is 38.5 Å². The normalized spacial score (nSPS) is 11.2. The van der Waals surface area contributed by atoms with Crippen molar-refractivity contribution in [1.82, 2.24) is 4.90 Å². The minimum atomic E-state index is 0.252. The fourth-order valence-corrected chi connectivity index (χ4v) is 1.75. The summed E-state index contributed by atoms with van der Waals surface area (Å²) < 4.78 is 0. The number of rotatable bonds is 6. The van der Waals surface area contributed by atoms with Gasteiger partial charge in [0, 0.05) is 12.0 Å². The first-order chi connectivity index (χ1) is 8.00. The summed E-state index contributed by atoms with van der Waals surface area (Å²) in [4.78, 5) is 14.0. The largest absolute Gasteiger partial charge is 0.309 e. The molecular formula is C15H23NO. The molecule has 0 unspecified atom stereocenters. The Morgan fingerprint density at radius 1 is 1.18 bits per heavy atom. The summed E-state index contributed by atoms with van der Waals surface area (Å²) in [5.41, 5.74) is 2.13. The van der Waals surface area contributed by atoms with Gasteiger partial charge in [-0.2, -0.15) is 0 Å². The van der Waals surface area contributed by atoms with Crippen molar-refractivity contribution < 1.29 is 4.79 Å². The van der Waals surface area contributed by atoms with Gasteiger partial charge in [-0.15, -0.1) is 0 Å². The van der Waals surface area contributed by atoms with Crippen molar-refractivity contribution in [3.63, 3.8) is 0 Å². The number of Topliss-reactive ketones (excluding diaryl/α,β-unsaturated/α-hetero) is 1. The van der Waals surface area contributed by atoms with Crippen LogP contribution < -0.4 is 0 Å². The molecule has 2 nitrogen and oxygen atoms in total. The fraction of sp³-hybridized carbons (Fsp3) is 0.533. The van der Waals surface area contributed by atoms with Crippen molar-refractivity contribution in [2.24, 2.45) is 0 Å². The Hall–Kier alpha value is -1.15. The zero-order chi connectivity index (χ0) is 12.8. The number of carbonyl (C=O) groups is 1. The SMILES string of the molecule is CC(C)c1ccc(C(=O)CCCN(C)C)cc1. The maximum absolute atomic E-state index is 11.9. The topological polar surface area (TPSA) is 20.3 Å². The maximum Gasteiger partial charge on any atom is 0.162 e. The van der Waals surface area contributed by atoms with Crippen LogP contribution in [0.4, 0.5) is 0 Å². The van der Waals surface area contributed by atoms with Crippen LogP contribution in [0.2, 0.25) is 0 Å². The Morgan fingerprint density at radius 3 is 2.24 bits per heavy atom. The van der Waals surface area contributed by atoms with Crippen molar-refractivity contribution in [3.8, 4) is 0 Å². The van der Waals surface area contributed by atoms with Crippen LogP contribution in [0.3, 0.4) is 0 Å². The van der Waals surface area contributed by atoms with Gasteiger partial charge < -0.3 is 4.90 Å². The molecule has 0 aliphatic rings. The lowest BCUT2D eigenvalue weighted by atomic mass is 9.99. The molecule has 0 aromatic heterocycles. The van der Waals surface area contributed by atoms with E-state index in [1.165, 1.54) is 5.56 Å². The summed E-state index contributed by atoms with van der Waals surface area (Å²) in [6.45, 7) is 5.29. The number of ketones is 1. The molecule has 0 amide bonds. The van der Waals surface area contributed by atoms with Crippen LogP contribution in [0.5, 0.6) is 0 Å². The van der Waals surface area contributed by atoms with Crippen molar-refractivity contribution in [1.29, 1.82) is 0 Å². The lowest BCUT2D eigenvalue weighted by Crippen LogP contribution is -2.14. The summed E-state index contributed by atoms with van der Waals surface area (Å²) in [6, 6.07) is 8.02. The van der Waals surface area contributed by atoms with E-state index in [1.807, 2.05) is 26.2 Å². The molecule has 1 rings (SSSR count). The second-order valence-corrected chi connectivity index (χ2v) is 5.11. The Balaban J connectivity index is 2.52. The Morgan fingerprint density at radius 2 is 1.76 bits per heavy atom. The monoisotopic (exact) mass is 233 g/mol. The van der Waals surface area contributed by atoms with Gasteiger partial charge in [0.15, 0.2) is 5.78 Å². The van der Waals surface area contributed by atoms with Gasteiger partial charge in [-0.3, -0.25) is 4.79 Å². The Labute approximate surface area is 105 Å². The van der Waals surface area contributed by atoms with E-state index in [0.717, 1.165) is 18.5 Å². The van der Waals surface area contributed by atoms with E-state index in [0.29, 0.717) is 12.3 Å². The average Bonchev–Trinajstić information content (AvgIpc) is 2.28. The van der Waals surface area contributed by atoms with E-state index in [2.05, 4.69) is 30.9 Å². The number of hydrogen-bond donors (Lipinski definition) is 0. The molecule has 1 aromatic rings. The quantitative estimate of drug-likeness (QED) is 0.702. The van der Waals surface area contributed by atoms with Crippen LogP contribution in [-0.2, 0) is 0 Å². The van der Waals surface area contributed by atoms with E-state index in [1.54, 1.807) is 0 Å². The van der Waals surface area contributed by atoms with Gasteiger partial charge in [0.1, 0.15) is 0 Å². The zero-order valence-electron chi connectivity index (χ0n) is 11.4. The molecule has 94 valence electrons. The molecule has 0 aliphatic carbocycles. The summed E-state index contributed by atoms with van der Waals surface area (Å²) in [5, 5.41) is 0. The predicted molar refractivity (Wildman–Crippen MR) is 72.6 cm³/mol. The van der Waals surface area contributed by atoms with Crippen LogP contribution in [0.15, 0.2) is 24.3 Å². The van der Waals surface area contributed by atoms with Gasteiger partial charge in [-0.1, -0.05) is 38.1 Å². The number of benzene rings is 1. The number of nitrogens with zero attached hydrogens (tertiary/aromatic N) is 1. The van der Waals surface area contributed by atoms with Crippen molar-refractivity contribution in [3.05, 3.63) is 35.4 Å².